The van der Waals surface area contributed by atoms with Crippen LogP contribution in [0.3, 0.4) is 0 Å². The van der Waals surface area contributed by atoms with E-state index in [0.29, 0.717) is 6.04 Å². The number of hydrogen-bond acceptors (Lipinski definition) is 5. The second-order valence-electron chi connectivity index (χ2n) is 7.45. The number of thiophene rings is 1. The van der Waals surface area contributed by atoms with Crippen molar-refractivity contribution in [2.45, 2.75) is 25.3 Å². The molecule has 2 aromatic heterocycles. The molecule has 30 heavy (non-hydrogen) atoms. The molecule has 1 fully saturated rings. The van der Waals surface area contributed by atoms with Gasteiger partial charge >= 0.3 is 0 Å². The molecule has 1 aliphatic heterocycles. The van der Waals surface area contributed by atoms with E-state index in [1.165, 1.54) is 17.5 Å². The van der Waals surface area contributed by atoms with E-state index in [1.54, 1.807) is 17.7 Å². The van der Waals surface area contributed by atoms with Crippen LogP contribution in [0.4, 0.5) is 11.5 Å². The molecule has 5 heteroatoms. The van der Waals surface area contributed by atoms with Crippen LogP contribution in [0.5, 0.6) is 0 Å². The molecule has 1 atom stereocenters. The van der Waals surface area contributed by atoms with Crippen LogP contribution < -0.4 is 10.6 Å². The minimum absolute atomic E-state index is 0.313. The molecule has 148 valence electrons. The number of anilines is 2. The zero-order valence-electron chi connectivity index (χ0n) is 16.6. The first-order chi connectivity index (χ1) is 14.8. The highest BCUT2D eigenvalue weighted by atomic mass is 32.1. The molecule has 5 rings (SSSR count). The molecular weight excluding hydrogens is 388 g/mol. The maximum absolute atomic E-state index is 4.47. The van der Waals surface area contributed by atoms with Crippen molar-refractivity contribution in [3.05, 3.63) is 83.0 Å². The molecule has 3 heterocycles. The van der Waals surface area contributed by atoms with Gasteiger partial charge in [0.05, 0.1) is 21.1 Å². The van der Waals surface area contributed by atoms with Gasteiger partial charge < -0.3 is 10.6 Å². The van der Waals surface area contributed by atoms with Gasteiger partial charge in [-0.25, -0.2) is 9.97 Å². The third kappa shape index (κ3) is 4.35. The Bertz CT molecular complexity index is 1200. The Hall–Kier alpha value is -3.20. The lowest BCUT2D eigenvalue weighted by Gasteiger charge is -2.07. The summed E-state index contributed by atoms with van der Waals surface area (Å²) in [7, 11) is 0. The van der Waals surface area contributed by atoms with Crippen LogP contribution in [0.2, 0.25) is 0 Å². The molecule has 2 N–H and O–H groups in total. The molecule has 4 nitrogen and oxygen atoms in total. The summed E-state index contributed by atoms with van der Waals surface area (Å²) in [6.07, 6.45) is 4.87. The second-order valence-corrected chi connectivity index (χ2v) is 8.50. The zero-order chi connectivity index (χ0) is 20.2. The highest BCUT2D eigenvalue weighted by molar-refractivity contribution is 7.20. The maximum Gasteiger partial charge on any atom is 0.151 e. The molecule has 0 amide bonds. The summed E-state index contributed by atoms with van der Waals surface area (Å²) in [6.45, 7) is 1.06. The van der Waals surface area contributed by atoms with Crippen molar-refractivity contribution in [3.8, 4) is 11.8 Å². The summed E-state index contributed by atoms with van der Waals surface area (Å²) >= 11 is 1.64. The number of hydrogen-bond donors (Lipinski definition) is 2. The Kier molecular flexibility index (Phi) is 5.43. The minimum atomic E-state index is 0.313. The molecule has 0 unspecified atom stereocenters. The summed E-state index contributed by atoms with van der Waals surface area (Å²) in [6, 6.07) is 21.4. The highest BCUT2D eigenvalue weighted by Gasteiger charge is 2.11. The molecule has 0 saturated carbocycles. The number of aromatic nitrogens is 2. The van der Waals surface area contributed by atoms with Gasteiger partial charge in [0, 0.05) is 5.69 Å². The number of benzene rings is 2. The fourth-order valence-corrected chi connectivity index (χ4v) is 4.56. The quantitative estimate of drug-likeness (QED) is 0.458. The van der Waals surface area contributed by atoms with Gasteiger partial charge in [-0.3, -0.25) is 0 Å². The monoisotopic (exact) mass is 410 g/mol. The number of rotatable bonds is 4. The molecule has 1 saturated heterocycles. The summed E-state index contributed by atoms with van der Waals surface area (Å²) < 4.78 is 1.04. The van der Waals surface area contributed by atoms with Gasteiger partial charge in [-0.1, -0.05) is 54.3 Å². The van der Waals surface area contributed by atoms with E-state index >= 15 is 0 Å². The molecular formula is C25H22N4S. The van der Waals surface area contributed by atoms with Crippen molar-refractivity contribution >= 4 is 33.1 Å². The van der Waals surface area contributed by atoms with Crippen molar-refractivity contribution in [1.82, 2.24) is 15.3 Å². The van der Waals surface area contributed by atoms with E-state index < -0.39 is 0 Å². The molecule has 0 spiro atoms. The second kappa shape index (κ2) is 8.66. The van der Waals surface area contributed by atoms with Crippen molar-refractivity contribution in [2.75, 3.05) is 11.9 Å². The molecule has 4 aromatic rings. The van der Waals surface area contributed by atoms with Gasteiger partial charge in [-0.2, -0.15) is 0 Å². The fourth-order valence-electron chi connectivity index (χ4n) is 3.65. The van der Waals surface area contributed by atoms with E-state index in [0.717, 1.165) is 46.0 Å². The average molecular weight is 411 g/mol. The lowest BCUT2D eigenvalue weighted by molar-refractivity contribution is 0.749. The summed E-state index contributed by atoms with van der Waals surface area (Å²) in [4.78, 5) is 9.92. The topological polar surface area (TPSA) is 49.8 Å². The Morgan fingerprint density at radius 1 is 1.03 bits per heavy atom. The molecule has 2 aromatic carbocycles. The van der Waals surface area contributed by atoms with Crippen LogP contribution in [-0.2, 0) is 6.42 Å². The van der Waals surface area contributed by atoms with E-state index in [1.807, 2.05) is 6.07 Å². The fraction of sp³-hybridized carbons (Fsp3) is 0.200. The van der Waals surface area contributed by atoms with Gasteiger partial charge in [0.15, 0.2) is 5.82 Å². The van der Waals surface area contributed by atoms with Crippen LogP contribution in [0, 0.1) is 11.8 Å². The maximum atomic E-state index is 4.47. The van der Waals surface area contributed by atoms with Gasteiger partial charge in [-0.05, 0) is 55.1 Å². The van der Waals surface area contributed by atoms with Crippen LogP contribution in [0.15, 0.2) is 67.0 Å². The molecule has 0 radical (unpaired) electrons. The normalized spacial score (nSPS) is 15.7. The predicted molar refractivity (Wildman–Crippen MR) is 124 cm³/mol. The Balaban J connectivity index is 1.33. The van der Waals surface area contributed by atoms with E-state index in [9.17, 15) is 0 Å². The SMILES string of the molecule is C(#C[C@@H]1CCCN1)c1cc2ncnc(Nc3ccc(Cc4ccccc4)cc3)c2s1. The smallest absolute Gasteiger partial charge is 0.151 e. The van der Waals surface area contributed by atoms with Crippen LogP contribution in [-0.4, -0.2) is 22.6 Å². The van der Waals surface area contributed by atoms with Crippen molar-refractivity contribution in [1.29, 1.82) is 0 Å². The first kappa shape index (κ1) is 18.8. The summed E-state index contributed by atoms with van der Waals surface area (Å²) in [5.74, 6) is 7.47. The Morgan fingerprint density at radius 2 is 1.87 bits per heavy atom. The van der Waals surface area contributed by atoms with E-state index in [-0.39, 0.29) is 0 Å². The van der Waals surface area contributed by atoms with Crippen LogP contribution in [0.25, 0.3) is 10.2 Å². The standard InChI is InChI=1S/C25H22N4S/c1-2-5-18(6-3-1)15-19-8-10-21(11-9-19)29-25-24-23(27-17-28-25)16-22(30-24)13-12-20-7-4-14-26-20/h1-3,5-6,8-11,16-17,20,26H,4,7,14-15H2,(H,27,28,29)/t20-/m0/s1. The summed E-state index contributed by atoms with van der Waals surface area (Å²) in [5.41, 5.74) is 4.55. The van der Waals surface area contributed by atoms with Crippen molar-refractivity contribution in [2.24, 2.45) is 0 Å². The van der Waals surface area contributed by atoms with Crippen molar-refractivity contribution in [3.63, 3.8) is 0 Å². The van der Waals surface area contributed by atoms with Gasteiger partial charge in [0.1, 0.15) is 6.33 Å². The van der Waals surface area contributed by atoms with Gasteiger partial charge in [0.25, 0.3) is 0 Å². The Labute approximate surface area is 180 Å². The number of nitrogens with zero attached hydrogens (tertiary/aromatic N) is 2. The van der Waals surface area contributed by atoms with Crippen LogP contribution in [0.1, 0.15) is 28.8 Å². The third-order valence-corrected chi connectivity index (χ3v) is 6.26. The lowest BCUT2D eigenvalue weighted by Crippen LogP contribution is -2.18. The number of fused-ring (bicyclic) bond motifs is 1. The van der Waals surface area contributed by atoms with E-state index in [4.69, 9.17) is 0 Å². The summed E-state index contributed by atoms with van der Waals surface area (Å²) in [5, 5.41) is 6.86. The average Bonchev–Trinajstić information content (AvgIpc) is 3.44. The Morgan fingerprint density at radius 3 is 2.67 bits per heavy atom. The van der Waals surface area contributed by atoms with Crippen LogP contribution >= 0.6 is 11.3 Å². The molecule has 1 aliphatic rings. The predicted octanol–water partition coefficient (Wildman–Crippen LogP) is 5.13. The van der Waals surface area contributed by atoms with Crippen molar-refractivity contribution < 1.29 is 0 Å². The van der Waals surface area contributed by atoms with Gasteiger partial charge in [0.2, 0.25) is 0 Å². The highest BCUT2D eigenvalue weighted by Crippen LogP contribution is 2.30. The first-order valence-electron chi connectivity index (χ1n) is 10.2. The molecule has 0 aliphatic carbocycles. The largest absolute Gasteiger partial charge is 0.339 e. The number of nitrogens with one attached hydrogen (secondary N) is 2. The third-order valence-electron chi connectivity index (χ3n) is 5.21. The minimum Gasteiger partial charge on any atom is -0.339 e. The zero-order valence-corrected chi connectivity index (χ0v) is 17.4. The first-order valence-corrected chi connectivity index (χ1v) is 11.0. The molecule has 0 bridgehead atoms. The van der Waals surface area contributed by atoms with E-state index in [2.05, 4.69) is 87.0 Å². The lowest BCUT2D eigenvalue weighted by atomic mass is 10.0. The van der Waals surface area contributed by atoms with Gasteiger partial charge in [-0.15, -0.1) is 11.3 Å².